The Morgan fingerprint density at radius 1 is 0.853 bits per heavy atom. The molecule has 1 saturated carbocycles. The highest BCUT2D eigenvalue weighted by Gasteiger charge is 2.42. The van der Waals surface area contributed by atoms with E-state index in [1.165, 1.54) is 59.8 Å². The van der Waals surface area contributed by atoms with Gasteiger partial charge in [-0.2, -0.15) is 0 Å². The summed E-state index contributed by atoms with van der Waals surface area (Å²) in [7, 11) is 0. The summed E-state index contributed by atoms with van der Waals surface area (Å²) >= 11 is 0. The number of hydrogen-bond acceptors (Lipinski definition) is 2. The molecule has 1 aliphatic carbocycles. The summed E-state index contributed by atoms with van der Waals surface area (Å²) in [5, 5.41) is 1.35. The molecule has 3 heterocycles. The Bertz CT molecular complexity index is 1150. The molecule has 3 aromatic rings. The maximum absolute atomic E-state index is 13.3. The lowest BCUT2D eigenvalue weighted by molar-refractivity contribution is -0.143. The molecule has 2 fully saturated rings. The molecule has 0 spiro atoms. The second-order valence-electron chi connectivity index (χ2n) is 10.6. The van der Waals surface area contributed by atoms with Crippen molar-refractivity contribution >= 4 is 16.8 Å². The minimum Gasteiger partial charge on any atom is -0.379 e. The number of rotatable bonds is 6. The molecule has 1 saturated heterocycles. The first-order valence-corrected chi connectivity index (χ1v) is 13.3. The molecule has 0 radical (unpaired) electrons. The van der Waals surface area contributed by atoms with Crippen molar-refractivity contribution in [3.63, 3.8) is 0 Å². The van der Waals surface area contributed by atoms with Gasteiger partial charge in [-0.3, -0.25) is 4.79 Å². The number of carbonyl (C=O) groups excluding carboxylic acids is 1. The van der Waals surface area contributed by atoms with Gasteiger partial charge in [-0.15, -0.1) is 0 Å². The number of hydrogen-bond donors (Lipinski definition) is 0. The average molecular weight is 457 g/mol. The molecule has 0 bridgehead atoms. The van der Waals surface area contributed by atoms with Crippen LogP contribution in [0.25, 0.3) is 10.9 Å². The molecule has 2 atom stereocenters. The van der Waals surface area contributed by atoms with Gasteiger partial charge in [0.05, 0.1) is 18.7 Å². The Hall–Kier alpha value is -2.59. The molecule has 4 heteroatoms. The third-order valence-electron chi connectivity index (χ3n) is 8.33. The van der Waals surface area contributed by atoms with Crippen molar-refractivity contribution in [3.05, 3.63) is 71.4 Å². The van der Waals surface area contributed by atoms with Gasteiger partial charge in [0.15, 0.2) is 0 Å². The van der Waals surface area contributed by atoms with Gasteiger partial charge in [0.1, 0.15) is 0 Å². The largest absolute Gasteiger partial charge is 0.379 e. The second-order valence-corrected chi connectivity index (χ2v) is 10.6. The summed E-state index contributed by atoms with van der Waals surface area (Å²) in [6, 6.07) is 19.8. The highest BCUT2D eigenvalue weighted by molar-refractivity contribution is 5.87. The Morgan fingerprint density at radius 3 is 2.50 bits per heavy atom. The third-order valence-corrected chi connectivity index (χ3v) is 8.33. The summed E-state index contributed by atoms with van der Waals surface area (Å²) in [5.41, 5.74) is 5.39. The van der Waals surface area contributed by atoms with E-state index in [9.17, 15) is 4.79 Å². The SMILES string of the molecule is O=C1CCC[C@H]2c3c(c4ccccc4n3Cc3ccccc3)C[C@H](COCC3CCCCC3)N12. The van der Waals surface area contributed by atoms with Gasteiger partial charge in [0.2, 0.25) is 5.91 Å². The van der Waals surface area contributed by atoms with Crippen LogP contribution in [-0.2, 0) is 22.5 Å². The van der Waals surface area contributed by atoms with Crippen molar-refractivity contribution in [1.82, 2.24) is 9.47 Å². The van der Waals surface area contributed by atoms with Crippen molar-refractivity contribution in [1.29, 1.82) is 0 Å². The summed E-state index contributed by atoms with van der Waals surface area (Å²) in [4.78, 5) is 15.5. The summed E-state index contributed by atoms with van der Waals surface area (Å²) in [5.74, 6) is 1.01. The van der Waals surface area contributed by atoms with Crippen molar-refractivity contribution in [3.8, 4) is 0 Å². The van der Waals surface area contributed by atoms with E-state index in [0.29, 0.717) is 24.9 Å². The van der Waals surface area contributed by atoms with Gasteiger partial charge in [-0.05, 0) is 55.2 Å². The first-order chi connectivity index (χ1) is 16.8. The van der Waals surface area contributed by atoms with Crippen molar-refractivity contribution in [2.45, 2.75) is 76.4 Å². The molecule has 1 amide bonds. The molecule has 0 unspecified atom stereocenters. The Morgan fingerprint density at radius 2 is 1.65 bits per heavy atom. The number of ether oxygens (including phenoxy) is 1. The monoisotopic (exact) mass is 456 g/mol. The minimum atomic E-state index is 0.143. The number of amides is 1. The zero-order valence-electron chi connectivity index (χ0n) is 20.1. The number of benzene rings is 2. The minimum absolute atomic E-state index is 0.143. The fourth-order valence-corrected chi connectivity index (χ4v) is 6.74. The molecule has 6 rings (SSSR count). The number of piperidine rings is 1. The molecule has 0 N–H and O–H groups in total. The maximum atomic E-state index is 13.3. The van der Waals surface area contributed by atoms with E-state index in [1.807, 2.05) is 0 Å². The average Bonchev–Trinajstić information content (AvgIpc) is 3.19. The molecule has 1 aromatic heterocycles. The summed E-state index contributed by atoms with van der Waals surface area (Å²) in [6.45, 7) is 2.36. The van der Waals surface area contributed by atoms with E-state index in [0.717, 1.165) is 32.4 Å². The molecule has 2 aromatic carbocycles. The first kappa shape index (κ1) is 21.9. The predicted octanol–water partition coefficient (Wildman–Crippen LogP) is 6.26. The quantitative estimate of drug-likeness (QED) is 0.438. The first-order valence-electron chi connectivity index (χ1n) is 13.3. The van der Waals surface area contributed by atoms with Crippen LogP contribution in [-0.4, -0.2) is 34.6 Å². The fraction of sp³-hybridized carbons (Fsp3) is 0.500. The number of fused-ring (bicyclic) bond motifs is 5. The zero-order valence-corrected chi connectivity index (χ0v) is 20.1. The van der Waals surface area contributed by atoms with Crippen LogP contribution in [0.4, 0.5) is 0 Å². The predicted molar refractivity (Wildman–Crippen MR) is 136 cm³/mol. The highest BCUT2D eigenvalue weighted by atomic mass is 16.5. The van der Waals surface area contributed by atoms with Gasteiger partial charge in [-0.25, -0.2) is 0 Å². The molecule has 178 valence electrons. The molecule has 3 aliphatic rings. The number of para-hydroxylation sites is 1. The van der Waals surface area contributed by atoms with Gasteiger partial charge in [0.25, 0.3) is 0 Å². The standard InChI is InChI=1S/C30H36N2O2/c33-29-17-9-16-28-30-26(18-24(32(28)29)21-34-20-23-12-5-2-6-13-23)25-14-7-8-15-27(25)31(30)19-22-10-3-1-4-11-22/h1,3-4,7-8,10-11,14-15,23-24,28H,2,5-6,9,12-13,16-21H2/t24-,28+/m1/s1. The van der Waals surface area contributed by atoms with Crippen molar-refractivity contribution in [2.24, 2.45) is 5.92 Å². The normalized spacial score (nSPS) is 23.2. The molecular weight excluding hydrogens is 420 g/mol. The molecule has 2 aliphatic heterocycles. The van der Waals surface area contributed by atoms with Crippen LogP contribution in [0.1, 0.15) is 74.2 Å². The topological polar surface area (TPSA) is 34.5 Å². The smallest absolute Gasteiger partial charge is 0.223 e. The lowest BCUT2D eigenvalue weighted by Crippen LogP contribution is -2.51. The van der Waals surface area contributed by atoms with E-state index in [2.05, 4.69) is 64.1 Å². The Kier molecular flexibility index (Phi) is 6.17. The summed E-state index contributed by atoms with van der Waals surface area (Å²) < 4.78 is 8.83. The number of aromatic nitrogens is 1. The van der Waals surface area contributed by atoms with Gasteiger partial charge in [0, 0.05) is 36.2 Å². The van der Waals surface area contributed by atoms with E-state index >= 15 is 0 Å². The van der Waals surface area contributed by atoms with Crippen molar-refractivity contribution in [2.75, 3.05) is 13.2 Å². The molecule has 4 nitrogen and oxygen atoms in total. The van der Waals surface area contributed by atoms with E-state index in [1.54, 1.807) is 0 Å². The lowest BCUT2D eigenvalue weighted by atomic mass is 9.86. The summed E-state index contributed by atoms with van der Waals surface area (Å²) in [6.07, 6.45) is 10.2. The fourth-order valence-electron chi connectivity index (χ4n) is 6.74. The Balaban J connectivity index is 1.34. The van der Waals surface area contributed by atoms with Crippen LogP contribution in [0.15, 0.2) is 54.6 Å². The van der Waals surface area contributed by atoms with Crippen LogP contribution in [0.5, 0.6) is 0 Å². The zero-order chi connectivity index (χ0) is 22.9. The van der Waals surface area contributed by atoms with E-state index in [-0.39, 0.29) is 12.1 Å². The van der Waals surface area contributed by atoms with Gasteiger partial charge >= 0.3 is 0 Å². The number of carbonyl (C=O) groups is 1. The highest BCUT2D eigenvalue weighted by Crippen LogP contribution is 2.44. The van der Waals surface area contributed by atoms with Crippen LogP contribution < -0.4 is 0 Å². The second kappa shape index (κ2) is 9.58. The Labute approximate surface area is 202 Å². The van der Waals surface area contributed by atoms with Gasteiger partial charge in [-0.1, -0.05) is 67.8 Å². The van der Waals surface area contributed by atoms with E-state index < -0.39 is 0 Å². The maximum Gasteiger partial charge on any atom is 0.223 e. The van der Waals surface area contributed by atoms with Crippen LogP contribution in [0.2, 0.25) is 0 Å². The third kappa shape index (κ3) is 4.07. The molecule has 34 heavy (non-hydrogen) atoms. The van der Waals surface area contributed by atoms with Crippen LogP contribution in [0, 0.1) is 5.92 Å². The number of nitrogens with zero attached hydrogens (tertiary/aromatic N) is 2. The van der Waals surface area contributed by atoms with E-state index in [4.69, 9.17) is 4.74 Å². The van der Waals surface area contributed by atoms with Crippen LogP contribution >= 0.6 is 0 Å². The van der Waals surface area contributed by atoms with Crippen LogP contribution in [0.3, 0.4) is 0 Å². The van der Waals surface area contributed by atoms with Gasteiger partial charge < -0.3 is 14.2 Å². The van der Waals surface area contributed by atoms with Crippen molar-refractivity contribution < 1.29 is 9.53 Å². The molecular formula is C30H36N2O2. The lowest BCUT2D eigenvalue weighted by Gasteiger charge is -2.45.